The fourth-order valence-corrected chi connectivity index (χ4v) is 2.36. The zero-order valence-corrected chi connectivity index (χ0v) is 12.5. The van der Waals surface area contributed by atoms with Crippen molar-refractivity contribution < 1.29 is 4.79 Å². The lowest BCUT2D eigenvalue weighted by Gasteiger charge is -2.00. The molecule has 1 heterocycles. The Morgan fingerprint density at radius 1 is 1.00 bits per heavy atom. The van der Waals surface area contributed by atoms with Crippen LogP contribution in [0.15, 0.2) is 65.3 Å². The molecule has 1 aliphatic rings. The molecule has 110 valence electrons. The Hall–Kier alpha value is -2.68. The third-order valence-electron chi connectivity index (χ3n) is 3.62. The van der Waals surface area contributed by atoms with Crippen LogP contribution in [0, 0.1) is 6.92 Å². The summed E-state index contributed by atoms with van der Waals surface area (Å²) in [6.07, 6.45) is 3.43. The third kappa shape index (κ3) is 3.50. The van der Waals surface area contributed by atoms with E-state index in [9.17, 15) is 4.79 Å². The van der Waals surface area contributed by atoms with E-state index in [0.29, 0.717) is 5.70 Å². The van der Waals surface area contributed by atoms with Gasteiger partial charge in [-0.25, -0.2) is 4.99 Å². The van der Waals surface area contributed by atoms with E-state index >= 15 is 0 Å². The van der Waals surface area contributed by atoms with Gasteiger partial charge in [0, 0.05) is 6.42 Å². The van der Waals surface area contributed by atoms with Gasteiger partial charge in [-0.05, 0) is 30.5 Å². The lowest BCUT2D eigenvalue weighted by molar-refractivity contribution is -0.115. The number of nitrogens with zero attached hydrogens (tertiary/aromatic N) is 1. The number of carbonyl (C=O) groups excluding carboxylic acids is 1. The molecule has 3 nitrogen and oxygen atoms in total. The van der Waals surface area contributed by atoms with E-state index in [1.54, 1.807) is 0 Å². The van der Waals surface area contributed by atoms with Crippen molar-refractivity contribution in [1.82, 2.24) is 5.32 Å². The molecule has 1 amide bonds. The van der Waals surface area contributed by atoms with Crippen LogP contribution < -0.4 is 5.32 Å². The van der Waals surface area contributed by atoms with Crippen LogP contribution >= 0.6 is 0 Å². The first-order valence-corrected chi connectivity index (χ1v) is 7.42. The van der Waals surface area contributed by atoms with Crippen molar-refractivity contribution in [1.29, 1.82) is 0 Å². The Kier molecular flexibility index (Phi) is 4.15. The van der Waals surface area contributed by atoms with Gasteiger partial charge in [0.25, 0.3) is 5.91 Å². The summed E-state index contributed by atoms with van der Waals surface area (Å²) in [5.41, 5.74) is 3.91. The number of rotatable bonds is 4. The zero-order valence-electron chi connectivity index (χ0n) is 12.5. The minimum Gasteiger partial charge on any atom is -0.309 e. The number of hydrogen-bond donors (Lipinski definition) is 1. The predicted molar refractivity (Wildman–Crippen MR) is 89.5 cm³/mol. The van der Waals surface area contributed by atoms with Gasteiger partial charge in [-0.3, -0.25) is 4.79 Å². The Balaban J connectivity index is 1.70. The van der Waals surface area contributed by atoms with Crippen LogP contribution in [0.4, 0.5) is 0 Å². The fourth-order valence-electron chi connectivity index (χ4n) is 2.36. The lowest BCUT2D eigenvalue weighted by atomic mass is 10.1. The standard InChI is InChI=1S/C19H18N2O/c1-14-7-9-16(10-8-14)13-17-19(22)21-18(20-17)12-11-15-5-3-2-4-6-15/h2-10,13H,11-12H2,1H3,(H,20,21,22)/b17-13+. The van der Waals surface area contributed by atoms with Crippen molar-refractivity contribution in [3.8, 4) is 0 Å². The fraction of sp³-hybridized carbons (Fsp3) is 0.158. The van der Waals surface area contributed by atoms with Crippen LogP contribution in [0.2, 0.25) is 0 Å². The van der Waals surface area contributed by atoms with Crippen molar-refractivity contribution in [2.45, 2.75) is 19.8 Å². The molecule has 2 aromatic rings. The molecule has 3 heteroatoms. The highest BCUT2D eigenvalue weighted by Gasteiger charge is 2.19. The average molecular weight is 290 g/mol. The molecule has 0 spiro atoms. The highest BCUT2D eigenvalue weighted by molar-refractivity contribution is 6.14. The van der Waals surface area contributed by atoms with Crippen LogP contribution in [0.25, 0.3) is 6.08 Å². The van der Waals surface area contributed by atoms with Crippen molar-refractivity contribution in [3.05, 3.63) is 77.0 Å². The van der Waals surface area contributed by atoms with Gasteiger partial charge in [-0.2, -0.15) is 0 Å². The van der Waals surface area contributed by atoms with E-state index < -0.39 is 0 Å². The molecule has 1 aliphatic heterocycles. The maximum absolute atomic E-state index is 12.0. The lowest BCUT2D eigenvalue weighted by Crippen LogP contribution is -2.24. The van der Waals surface area contributed by atoms with Gasteiger partial charge in [-0.1, -0.05) is 60.2 Å². The van der Waals surface area contributed by atoms with Crippen LogP contribution in [0.5, 0.6) is 0 Å². The van der Waals surface area contributed by atoms with Gasteiger partial charge >= 0.3 is 0 Å². The summed E-state index contributed by atoms with van der Waals surface area (Å²) >= 11 is 0. The summed E-state index contributed by atoms with van der Waals surface area (Å²) in [6, 6.07) is 18.3. The first-order chi connectivity index (χ1) is 10.7. The summed E-state index contributed by atoms with van der Waals surface area (Å²) in [6.45, 7) is 2.04. The topological polar surface area (TPSA) is 41.5 Å². The van der Waals surface area contributed by atoms with Crippen molar-refractivity contribution in [2.75, 3.05) is 0 Å². The highest BCUT2D eigenvalue weighted by Crippen LogP contribution is 2.14. The van der Waals surface area contributed by atoms with E-state index in [4.69, 9.17) is 0 Å². The monoisotopic (exact) mass is 290 g/mol. The summed E-state index contributed by atoms with van der Waals surface area (Å²) < 4.78 is 0. The smallest absolute Gasteiger partial charge is 0.275 e. The largest absolute Gasteiger partial charge is 0.309 e. The summed E-state index contributed by atoms with van der Waals surface area (Å²) in [5, 5.41) is 2.85. The van der Waals surface area contributed by atoms with E-state index in [1.807, 2.05) is 55.5 Å². The summed E-state index contributed by atoms with van der Waals surface area (Å²) in [5.74, 6) is 0.621. The molecule has 0 fully saturated rings. The second-order valence-electron chi connectivity index (χ2n) is 5.44. The second-order valence-corrected chi connectivity index (χ2v) is 5.44. The Labute approximate surface area is 130 Å². The van der Waals surface area contributed by atoms with Gasteiger partial charge < -0.3 is 5.32 Å². The molecule has 0 atom stereocenters. The first kappa shape index (κ1) is 14.3. The van der Waals surface area contributed by atoms with Crippen molar-refractivity contribution in [3.63, 3.8) is 0 Å². The van der Waals surface area contributed by atoms with Gasteiger partial charge in [0.15, 0.2) is 0 Å². The molecule has 2 aromatic carbocycles. The van der Waals surface area contributed by atoms with E-state index in [2.05, 4.69) is 22.4 Å². The molecule has 0 saturated heterocycles. The molecule has 0 aromatic heterocycles. The summed E-state index contributed by atoms with van der Waals surface area (Å²) in [7, 11) is 0. The number of aryl methyl sites for hydroxylation is 2. The van der Waals surface area contributed by atoms with Crippen LogP contribution in [0.3, 0.4) is 0 Å². The van der Waals surface area contributed by atoms with Gasteiger partial charge in [0.2, 0.25) is 0 Å². The van der Waals surface area contributed by atoms with Crippen LogP contribution in [-0.2, 0) is 11.2 Å². The molecule has 0 bridgehead atoms. The van der Waals surface area contributed by atoms with Crippen molar-refractivity contribution >= 4 is 17.8 Å². The molecule has 22 heavy (non-hydrogen) atoms. The molecule has 0 aliphatic carbocycles. The normalized spacial score (nSPS) is 15.8. The summed E-state index contributed by atoms with van der Waals surface area (Å²) in [4.78, 5) is 16.4. The minimum absolute atomic E-state index is 0.122. The molecule has 1 N–H and O–H groups in total. The van der Waals surface area contributed by atoms with Crippen molar-refractivity contribution in [2.24, 2.45) is 4.99 Å². The average Bonchev–Trinajstić information content (AvgIpc) is 2.89. The number of nitrogens with one attached hydrogen (secondary N) is 1. The Bertz CT molecular complexity index is 728. The second kappa shape index (κ2) is 6.39. The molecule has 0 radical (unpaired) electrons. The SMILES string of the molecule is Cc1ccc(/C=C2/N=C(CCc3ccccc3)NC2=O)cc1. The predicted octanol–water partition coefficient (Wildman–Crippen LogP) is 3.50. The molecular weight excluding hydrogens is 272 g/mol. The molecule has 0 saturated carbocycles. The number of carbonyl (C=O) groups is 1. The van der Waals surface area contributed by atoms with E-state index in [-0.39, 0.29) is 5.91 Å². The number of hydrogen-bond acceptors (Lipinski definition) is 2. The van der Waals surface area contributed by atoms with Gasteiger partial charge in [-0.15, -0.1) is 0 Å². The molecular formula is C19H18N2O. The Morgan fingerprint density at radius 2 is 1.73 bits per heavy atom. The Morgan fingerprint density at radius 3 is 2.45 bits per heavy atom. The number of amidine groups is 1. The molecule has 0 unspecified atom stereocenters. The zero-order chi connectivity index (χ0) is 15.4. The van der Waals surface area contributed by atoms with Crippen LogP contribution in [0.1, 0.15) is 23.1 Å². The number of amides is 1. The van der Waals surface area contributed by atoms with Gasteiger partial charge in [0.05, 0.1) is 0 Å². The maximum atomic E-state index is 12.0. The quantitative estimate of drug-likeness (QED) is 0.860. The maximum Gasteiger partial charge on any atom is 0.275 e. The number of aliphatic imine (C=N–C) groups is 1. The van der Waals surface area contributed by atoms with E-state index in [1.165, 1.54) is 11.1 Å². The van der Waals surface area contributed by atoms with Crippen LogP contribution in [-0.4, -0.2) is 11.7 Å². The van der Waals surface area contributed by atoms with E-state index in [0.717, 1.165) is 24.2 Å². The third-order valence-corrected chi connectivity index (χ3v) is 3.62. The first-order valence-electron chi connectivity index (χ1n) is 7.42. The molecule has 3 rings (SSSR count). The van der Waals surface area contributed by atoms with Gasteiger partial charge in [0.1, 0.15) is 11.5 Å². The number of benzene rings is 2. The highest BCUT2D eigenvalue weighted by atomic mass is 16.2. The minimum atomic E-state index is -0.122.